The lowest BCUT2D eigenvalue weighted by Crippen LogP contribution is -2.15. The Bertz CT molecular complexity index is 383. The minimum atomic E-state index is -0.0726. The van der Waals surface area contributed by atoms with Crippen LogP contribution in [0, 0.1) is 11.3 Å². The molecule has 0 saturated carbocycles. The van der Waals surface area contributed by atoms with Crippen LogP contribution in [0.4, 0.5) is 0 Å². The summed E-state index contributed by atoms with van der Waals surface area (Å²) in [6.07, 6.45) is 0. The van der Waals surface area contributed by atoms with Gasteiger partial charge in [-0.2, -0.15) is 5.26 Å². The van der Waals surface area contributed by atoms with Gasteiger partial charge in [-0.1, -0.05) is 26.8 Å². The standard InChI is InChI=1S/C13H17NO/c1-5-15-11-8-6-7-10(9-14)12(11)13(2,3)4/h6-8H,5H2,1-4H3. The first-order valence-corrected chi connectivity index (χ1v) is 5.17. The zero-order valence-electron chi connectivity index (χ0n) is 9.79. The van der Waals surface area contributed by atoms with Crippen LogP contribution in [0.3, 0.4) is 0 Å². The Morgan fingerprint density at radius 1 is 1.33 bits per heavy atom. The van der Waals surface area contributed by atoms with E-state index in [9.17, 15) is 0 Å². The second-order valence-electron chi connectivity index (χ2n) is 4.47. The third kappa shape index (κ3) is 2.50. The van der Waals surface area contributed by atoms with E-state index in [1.54, 1.807) is 0 Å². The Hall–Kier alpha value is -1.49. The molecule has 0 atom stereocenters. The van der Waals surface area contributed by atoms with Crippen LogP contribution in [0.25, 0.3) is 0 Å². The lowest BCUT2D eigenvalue weighted by Gasteiger charge is -2.23. The summed E-state index contributed by atoms with van der Waals surface area (Å²) in [5.41, 5.74) is 1.62. The molecular weight excluding hydrogens is 186 g/mol. The molecule has 15 heavy (non-hydrogen) atoms. The Labute approximate surface area is 91.5 Å². The lowest BCUT2D eigenvalue weighted by atomic mass is 9.83. The molecule has 0 spiro atoms. The second kappa shape index (κ2) is 4.35. The van der Waals surface area contributed by atoms with Crippen molar-refractivity contribution in [1.29, 1.82) is 5.26 Å². The molecule has 0 aliphatic rings. The first kappa shape index (κ1) is 11.6. The highest BCUT2D eigenvalue weighted by Gasteiger charge is 2.22. The largest absolute Gasteiger partial charge is 0.494 e. The third-order valence-corrected chi connectivity index (χ3v) is 2.20. The van der Waals surface area contributed by atoms with Crippen molar-refractivity contribution in [2.75, 3.05) is 6.61 Å². The molecule has 0 fully saturated rings. The van der Waals surface area contributed by atoms with Gasteiger partial charge in [0.05, 0.1) is 18.2 Å². The molecule has 0 aromatic heterocycles. The number of hydrogen-bond donors (Lipinski definition) is 0. The minimum Gasteiger partial charge on any atom is -0.494 e. The highest BCUT2D eigenvalue weighted by atomic mass is 16.5. The van der Waals surface area contributed by atoms with Gasteiger partial charge in [-0.15, -0.1) is 0 Å². The smallest absolute Gasteiger partial charge is 0.124 e. The van der Waals surface area contributed by atoms with Crippen LogP contribution >= 0.6 is 0 Å². The van der Waals surface area contributed by atoms with Crippen molar-refractivity contribution in [3.63, 3.8) is 0 Å². The molecule has 1 aromatic carbocycles. The van der Waals surface area contributed by atoms with Crippen LogP contribution in [0.2, 0.25) is 0 Å². The fourth-order valence-corrected chi connectivity index (χ4v) is 1.67. The first-order valence-electron chi connectivity index (χ1n) is 5.17. The number of benzene rings is 1. The van der Waals surface area contributed by atoms with Crippen LogP contribution in [0.5, 0.6) is 5.75 Å². The van der Waals surface area contributed by atoms with E-state index < -0.39 is 0 Å². The molecule has 0 amide bonds. The normalized spacial score (nSPS) is 10.9. The van der Waals surface area contributed by atoms with Crippen molar-refractivity contribution in [3.05, 3.63) is 29.3 Å². The van der Waals surface area contributed by atoms with Crippen LogP contribution in [0.1, 0.15) is 38.8 Å². The summed E-state index contributed by atoms with van der Waals surface area (Å²) >= 11 is 0. The monoisotopic (exact) mass is 203 g/mol. The summed E-state index contributed by atoms with van der Waals surface area (Å²) in [5.74, 6) is 0.823. The number of nitrogens with zero attached hydrogens (tertiary/aromatic N) is 1. The molecule has 1 rings (SSSR count). The van der Waals surface area contributed by atoms with Gasteiger partial charge in [0.25, 0.3) is 0 Å². The summed E-state index contributed by atoms with van der Waals surface area (Å²) < 4.78 is 5.55. The van der Waals surface area contributed by atoms with Gasteiger partial charge in [0.15, 0.2) is 0 Å². The SMILES string of the molecule is CCOc1cccc(C#N)c1C(C)(C)C. The summed E-state index contributed by atoms with van der Waals surface area (Å²) in [4.78, 5) is 0. The van der Waals surface area contributed by atoms with Gasteiger partial charge in [0, 0.05) is 5.56 Å². The Kier molecular flexibility index (Phi) is 3.36. The van der Waals surface area contributed by atoms with Gasteiger partial charge in [-0.25, -0.2) is 0 Å². The van der Waals surface area contributed by atoms with Crippen molar-refractivity contribution >= 4 is 0 Å². The van der Waals surface area contributed by atoms with E-state index in [0.717, 1.165) is 11.3 Å². The van der Waals surface area contributed by atoms with Gasteiger partial charge in [-0.3, -0.25) is 0 Å². The highest BCUT2D eigenvalue weighted by Crippen LogP contribution is 2.33. The average molecular weight is 203 g/mol. The van der Waals surface area contributed by atoms with E-state index in [0.29, 0.717) is 12.2 Å². The Balaban J connectivity index is 3.35. The molecule has 0 heterocycles. The van der Waals surface area contributed by atoms with Crippen LogP contribution < -0.4 is 4.74 Å². The first-order chi connectivity index (χ1) is 7.00. The number of rotatable bonds is 2. The van der Waals surface area contributed by atoms with Gasteiger partial charge >= 0.3 is 0 Å². The van der Waals surface area contributed by atoms with Gasteiger partial charge in [-0.05, 0) is 24.5 Å². The van der Waals surface area contributed by atoms with E-state index in [4.69, 9.17) is 10.00 Å². The van der Waals surface area contributed by atoms with Crippen LogP contribution in [-0.2, 0) is 5.41 Å². The van der Waals surface area contributed by atoms with E-state index >= 15 is 0 Å². The number of hydrogen-bond acceptors (Lipinski definition) is 2. The molecule has 0 radical (unpaired) electrons. The number of nitriles is 1. The Morgan fingerprint density at radius 3 is 2.47 bits per heavy atom. The summed E-state index contributed by atoms with van der Waals surface area (Å²) in [5, 5.41) is 9.07. The predicted octanol–water partition coefficient (Wildman–Crippen LogP) is 3.25. The fourth-order valence-electron chi connectivity index (χ4n) is 1.67. The van der Waals surface area contributed by atoms with Gasteiger partial charge < -0.3 is 4.74 Å². The molecule has 0 saturated heterocycles. The maximum atomic E-state index is 9.07. The molecule has 0 unspecified atom stereocenters. The Morgan fingerprint density at radius 2 is 2.00 bits per heavy atom. The molecule has 0 N–H and O–H groups in total. The van der Waals surface area contributed by atoms with Gasteiger partial charge in [0.2, 0.25) is 0 Å². The lowest BCUT2D eigenvalue weighted by molar-refractivity contribution is 0.329. The zero-order valence-corrected chi connectivity index (χ0v) is 9.79. The van der Waals surface area contributed by atoms with Crippen molar-refractivity contribution in [2.24, 2.45) is 0 Å². The quantitative estimate of drug-likeness (QED) is 0.739. The summed E-state index contributed by atoms with van der Waals surface area (Å²) in [7, 11) is 0. The average Bonchev–Trinajstić information content (AvgIpc) is 2.16. The van der Waals surface area contributed by atoms with E-state index in [1.165, 1.54) is 0 Å². The van der Waals surface area contributed by atoms with Crippen molar-refractivity contribution in [3.8, 4) is 11.8 Å². The van der Waals surface area contributed by atoms with Crippen LogP contribution in [0.15, 0.2) is 18.2 Å². The molecule has 1 aromatic rings. The highest BCUT2D eigenvalue weighted by molar-refractivity contribution is 5.50. The molecular formula is C13H17NO. The second-order valence-corrected chi connectivity index (χ2v) is 4.47. The molecule has 0 bridgehead atoms. The summed E-state index contributed by atoms with van der Waals surface area (Å²) in [6.45, 7) is 8.84. The fraction of sp³-hybridized carbons (Fsp3) is 0.462. The summed E-state index contributed by atoms with van der Waals surface area (Å²) in [6, 6.07) is 7.84. The van der Waals surface area contributed by atoms with Crippen molar-refractivity contribution < 1.29 is 4.74 Å². The molecule has 80 valence electrons. The van der Waals surface area contributed by atoms with Gasteiger partial charge in [0.1, 0.15) is 5.75 Å². The maximum absolute atomic E-state index is 9.07. The topological polar surface area (TPSA) is 33.0 Å². The third-order valence-electron chi connectivity index (χ3n) is 2.20. The molecule has 2 nitrogen and oxygen atoms in total. The predicted molar refractivity (Wildman–Crippen MR) is 61.0 cm³/mol. The zero-order chi connectivity index (χ0) is 11.5. The molecule has 0 aliphatic carbocycles. The van der Waals surface area contributed by atoms with E-state index in [-0.39, 0.29) is 5.41 Å². The van der Waals surface area contributed by atoms with E-state index in [1.807, 2.05) is 25.1 Å². The van der Waals surface area contributed by atoms with Crippen LogP contribution in [-0.4, -0.2) is 6.61 Å². The minimum absolute atomic E-state index is 0.0726. The van der Waals surface area contributed by atoms with Crippen molar-refractivity contribution in [2.45, 2.75) is 33.1 Å². The number of ether oxygens (including phenoxy) is 1. The maximum Gasteiger partial charge on any atom is 0.124 e. The molecule has 2 heteroatoms. The molecule has 0 aliphatic heterocycles. The van der Waals surface area contributed by atoms with Crippen molar-refractivity contribution in [1.82, 2.24) is 0 Å². The van der Waals surface area contributed by atoms with E-state index in [2.05, 4.69) is 26.8 Å².